The van der Waals surface area contributed by atoms with Crippen molar-refractivity contribution in [1.29, 1.82) is 0 Å². The lowest BCUT2D eigenvalue weighted by Gasteiger charge is -2.36. The van der Waals surface area contributed by atoms with Crippen molar-refractivity contribution >= 4 is 16.7 Å². The van der Waals surface area contributed by atoms with Gasteiger partial charge in [0.2, 0.25) is 5.88 Å². The highest BCUT2D eigenvalue weighted by Crippen LogP contribution is 2.39. The van der Waals surface area contributed by atoms with E-state index in [2.05, 4.69) is 50.8 Å². The summed E-state index contributed by atoms with van der Waals surface area (Å²) in [7, 11) is 0. The zero-order valence-electron chi connectivity index (χ0n) is 16.3. The quantitative estimate of drug-likeness (QED) is 0.744. The molecule has 2 atom stereocenters. The molecule has 0 bridgehead atoms. The van der Waals surface area contributed by atoms with Crippen molar-refractivity contribution < 1.29 is 9.47 Å². The molecule has 8 nitrogen and oxygen atoms in total. The second-order valence-corrected chi connectivity index (χ2v) is 8.12. The fourth-order valence-electron chi connectivity index (χ4n) is 3.69. The number of hydrogen-bond donors (Lipinski definition) is 1. The zero-order chi connectivity index (χ0) is 19.3. The highest BCUT2D eigenvalue weighted by Gasteiger charge is 2.40. The van der Waals surface area contributed by atoms with Crippen LogP contribution in [-0.2, 0) is 4.74 Å². The maximum Gasteiger partial charge on any atom is 0.214 e. The summed E-state index contributed by atoms with van der Waals surface area (Å²) in [5.74, 6) is 1.51. The number of aromatic amines is 1. The standard InChI is InChI=1S/C20H24N6O2/c1-12-9-26(10-13(2)27-12)17-7-15(22-11-23-17)19-14-6-18(28-20(3)4-5-20)21-8-16(14)24-25-19/h6-8,11-13H,4-5,9-10H2,1-3H3,(H,24,25)/t12-,13+. The van der Waals surface area contributed by atoms with Crippen LogP contribution in [0, 0.1) is 0 Å². The molecule has 3 aromatic rings. The van der Waals surface area contributed by atoms with Gasteiger partial charge in [-0.05, 0) is 33.6 Å². The van der Waals surface area contributed by atoms with Gasteiger partial charge < -0.3 is 14.4 Å². The highest BCUT2D eigenvalue weighted by molar-refractivity contribution is 5.92. The van der Waals surface area contributed by atoms with Gasteiger partial charge >= 0.3 is 0 Å². The summed E-state index contributed by atoms with van der Waals surface area (Å²) in [6.45, 7) is 7.89. The number of rotatable bonds is 4. The van der Waals surface area contributed by atoms with E-state index in [0.29, 0.717) is 5.88 Å². The normalized spacial score (nSPS) is 23.8. The van der Waals surface area contributed by atoms with Crippen LogP contribution in [0.5, 0.6) is 5.88 Å². The molecule has 28 heavy (non-hydrogen) atoms. The van der Waals surface area contributed by atoms with Crippen LogP contribution in [0.2, 0.25) is 0 Å². The third-order valence-electron chi connectivity index (χ3n) is 5.37. The van der Waals surface area contributed by atoms with Crippen LogP contribution in [-0.4, -0.2) is 56.0 Å². The maximum atomic E-state index is 6.02. The molecule has 4 heterocycles. The summed E-state index contributed by atoms with van der Waals surface area (Å²) < 4.78 is 11.8. The molecule has 3 aromatic heterocycles. The van der Waals surface area contributed by atoms with Crippen LogP contribution >= 0.6 is 0 Å². The van der Waals surface area contributed by atoms with Gasteiger partial charge in [0.1, 0.15) is 23.4 Å². The van der Waals surface area contributed by atoms with Crippen LogP contribution in [0.15, 0.2) is 24.7 Å². The molecule has 1 saturated carbocycles. The van der Waals surface area contributed by atoms with Crippen LogP contribution in [0.25, 0.3) is 22.3 Å². The molecule has 0 aromatic carbocycles. The third kappa shape index (κ3) is 3.28. The van der Waals surface area contributed by atoms with Crippen LogP contribution in [0.3, 0.4) is 0 Å². The molecule has 2 fully saturated rings. The van der Waals surface area contributed by atoms with Crippen molar-refractivity contribution in [2.24, 2.45) is 0 Å². The summed E-state index contributed by atoms with van der Waals surface area (Å²) in [5.41, 5.74) is 2.34. The minimum Gasteiger partial charge on any atom is -0.471 e. The fraction of sp³-hybridized carbons (Fsp3) is 0.500. The summed E-state index contributed by atoms with van der Waals surface area (Å²) >= 11 is 0. The Morgan fingerprint density at radius 2 is 1.93 bits per heavy atom. The topological polar surface area (TPSA) is 89.1 Å². The van der Waals surface area contributed by atoms with Gasteiger partial charge in [-0.3, -0.25) is 5.10 Å². The Hall–Kier alpha value is -2.74. The maximum absolute atomic E-state index is 6.02. The third-order valence-corrected chi connectivity index (χ3v) is 5.37. The number of H-pyrrole nitrogens is 1. The van der Waals surface area contributed by atoms with Crippen molar-refractivity contribution in [3.8, 4) is 17.3 Å². The van der Waals surface area contributed by atoms with Gasteiger partial charge in [0.15, 0.2) is 0 Å². The molecule has 8 heteroatoms. The monoisotopic (exact) mass is 380 g/mol. The van der Waals surface area contributed by atoms with Crippen molar-refractivity contribution in [3.05, 3.63) is 24.7 Å². The minimum atomic E-state index is -0.0730. The average Bonchev–Trinajstić information content (AvgIpc) is 3.24. The average molecular weight is 380 g/mol. The Labute approximate surface area is 163 Å². The van der Waals surface area contributed by atoms with Gasteiger partial charge in [0.05, 0.1) is 29.6 Å². The van der Waals surface area contributed by atoms with E-state index in [4.69, 9.17) is 9.47 Å². The van der Waals surface area contributed by atoms with Crippen LogP contribution < -0.4 is 9.64 Å². The molecule has 0 amide bonds. The number of nitrogens with zero attached hydrogens (tertiary/aromatic N) is 5. The lowest BCUT2D eigenvalue weighted by molar-refractivity contribution is -0.00546. The van der Waals surface area contributed by atoms with Gasteiger partial charge in [0.25, 0.3) is 0 Å². The van der Waals surface area contributed by atoms with Gasteiger partial charge in [-0.2, -0.15) is 5.10 Å². The summed E-state index contributed by atoms with van der Waals surface area (Å²) in [6, 6.07) is 3.93. The number of fused-ring (bicyclic) bond motifs is 1. The van der Waals surface area contributed by atoms with Crippen LogP contribution in [0.4, 0.5) is 5.82 Å². The first-order valence-electron chi connectivity index (χ1n) is 9.75. The smallest absolute Gasteiger partial charge is 0.214 e. The molecule has 5 rings (SSSR count). The molecule has 0 unspecified atom stereocenters. The van der Waals surface area contributed by atoms with Crippen molar-refractivity contribution in [2.45, 2.75) is 51.4 Å². The minimum absolute atomic E-state index is 0.0730. The predicted molar refractivity (Wildman–Crippen MR) is 105 cm³/mol. The highest BCUT2D eigenvalue weighted by atomic mass is 16.5. The number of morpholine rings is 1. The van der Waals surface area contributed by atoms with Gasteiger partial charge in [-0.15, -0.1) is 0 Å². The number of pyridine rings is 1. The lowest BCUT2D eigenvalue weighted by atomic mass is 10.2. The van der Waals surface area contributed by atoms with E-state index >= 15 is 0 Å². The molecule has 1 aliphatic carbocycles. The predicted octanol–water partition coefficient (Wildman–Crippen LogP) is 2.96. The SMILES string of the molecule is C[C@@H]1CN(c2cc(-c3n[nH]c4cnc(OC5(C)CC5)cc34)ncn2)C[C@H](C)O1. The number of hydrogen-bond acceptors (Lipinski definition) is 7. The van der Waals surface area contributed by atoms with Crippen LogP contribution in [0.1, 0.15) is 33.6 Å². The molecule has 146 valence electrons. The van der Waals surface area contributed by atoms with Gasteiger partial charge in [0, 0.05) is 30.6 Å². The van der Waals surface area contributed by atoms with E-state index < -0.39 is 0 Å². The summed E-state index contributed by atoms with van der Waals surface area (Å²) in [5, 5.41) is 8.47. The first-order chi connectivity index (χ1) is 13.5. The summed E-state index contributed by atoms with van der Waals surface area (Å²) in [6.07, 6.45) is 5.83. The van der Waals surface area contributed by atoms with E-state index in [1.165, 1.54) is 0 Å². The van der Waals surface area contributed by atoms with E-state index in [-0.39, 0.29) is 17.8 Å². The molecule has 0 spiro atoms. The molecule has 1 aliphatic heterocycles. The molecule has 1 N–H and O–H groups in total. The Bertz CT molecular complexity index is 1000. The Morgan fingerprint density at radius 1 is 1.14 bits per heavy atom. The van der Waals surface area contributed by atoms with Crippen molar-refractivity contribution in [3.63, 3.8) is 0 Å². The Morgan fingerprint density at radius 3 is 2.68 bits per heavy atom. The molecule has 0 radical (unpaired) electrons. The molecular formula is C20H24N6O2. The lowest BCUT2D eigenvalue weighted by Crippen LogP contribution is -2.45. The van der Waals surface area contributed by atoms with E-state index in [0.717, 1.165) is 54.0 Å². The van der Waals surface area contributed by atoms with E-state index in [9.17, 15) is 0 Å². The second-order valence-electron chi connectivity index (χ2n) is 8.12. The van der Waals surface area contributed by atoms with Crippen molar-refractivity contribution in [2.75, 3.05) is 18.0 Å². The van der Waals surface area contributed by atoms with Gasteiger partial charge in [-0.1, -0.05) is 0 Å². The zero-order valence-corrected chi connectivity index (χ0v) is 16.3. The largest absolute Gasteiger partial charge is 0.471 e. The number of nitrogens with one attached hydrogen (secondary N) is 1. The molecule has 2 aliphatic rings. The Kier molecular flexibility index (Phi) is 3.97. The Balaban J connectivity index is 1.49. The van der Waals surface area contributed by atoms with E-state index in [1.54, 1.807) is 12.5 Å². The number of aromatic nitrogens is 5. The summed E-state index contributed by atoms with van der Waals surface area (Å²) in [4.78, 5) is 15.6. The fourth-order valence-corrected chi connectivity index (χ4v) is 3.69. The number of ether oxygens (including phenoxy) is 2. The van der Waals surface area contributed by atoms with Gasteiger partial charge in [-0.25, -0.2) is 15.0 Å². The second kappa shape index (κ2) is 6.41. The van der Waals surface area contributed by atoms with Crippen molar-refractivity contribution in [1.82, 2.24) is 25.1 Å². The first-order valence-corrected chi connectivity index (χ1v) is 9.75. The molecular weight excluding hydrogens is 356 g/mol. The van der Waals surface area contributed by atoms with E-state index in [1.807, 2.05) is 12.1 Å². The first kappa shape index (κ1) is 17.4. The molecule has 1 saturated heterocycles. The number of anilines is 1.